The third-order valence-electron chi connectivity index (χ3n) is 4.08. The molecule has 0 bridgehead atoms. The van der Waals surface area contributed by atoms with Gasteiger partial charge in [-0.05, 0) is 51.2 Å². The van der Waals surface area contributed by atoms with Crippen molar-refractivity contribution in [3.63, 3.8) is 0 Å². The predicted octanol–water partition coefficient (Wildman–Crippen LogP) is 3.11. The van der Waals surface area contributed by atoms with Gasteiger partial charge in [-0.3, -0.25) is 4.79 Å². The summed E-state index contributed by atoms with van der Waals surface area (Å²) in [4.78, 5) is 18.2. The number of pyridine rings is 1. The largest absolute Gasteiger partial charge is 0.397 e. The van der Waals surface area contributed by atoms with E-state index in [4.69, 9.17) is 5.73 Å². The number of thiophene rings is 1. The van der Waals surface area contributed by atoms with Crippen molar-refractivity contribution in [2.24, 2.45) is 5.92 Å². The average molecular weight is 289 g/mol. The summed E-state index contributed by atoms with van der Waals surface area (Å²) in [5, 5.41) is 4.03. The Bertz CT molecular complexity index is 686. The molecule has 3 N–H and O–H groups in total. The molecule has 0 aliphatic heterocycles. The number of rotatable bonds is 3. The van der Waals surface area contributed by atoms with Gasteiger partial charge >= 0.3 is 0 Å². The lowest BCUT2D eigenvalue weighted by Crippen LogP contribution is -2.45. The fraction of sp³-hybridized carbons (Fsp3) is 0.467. The number of aromatic nitrogens is 1. The summed E-state index contributed by atoms with van der Waals surface area (Å²) in [6.07, 6.45) is 4.13. The number of nitrogens with two attached hydrogens (primary N) is 1. The summed E-state index contributed by atoms with van der Waals surface area (Å²) in [5.41, 5.74) is 7.61. The summed E-state index contributed by atoms with van der Waals surface area (Å²) in [6.45, 7) is 6.15. The van der Waals surface area contributed by atoms with Crippen LogP contribution in [0.15, 0.2) is 12.3 Å². The number of nitrogen functional groups attached to an aromatic ring is 1. The summed E-state index contributed by atoms with van der Waals surface area (Å²) in [6, 6.07) is 1.92. The molecular weight excluding hydrogens is 270 g/mol. The molecule has 0 spiro atoms. The first kappa shape index (κ1) is 13.4. The van der Waals surface area contributed by atoms with E-state index < -0.39 is 0 Å². The van der Waals surface area contributed by atoms with Crippen molar-refractivity contribution in [2.75, 3.05) is 5.73 Å². The molecule has 106 valence electrons. The van der Waals surface area contributed by atoms with Crippen LogP contribution >= 0.6 is 11.3 Å². The Morgan fingerprint density at radius 1 is 1.50 bits per heavy atom. The SMILES string of the molecule is Cc1ccnc2sc(C(=O)NC(C)(C)C3CC3)c(N)c12. The predicted molar refractivity (Wildman–Crippen MR) is 83.0 cm³/mol. The monoisotopic (exact) mass is 289 g/mol. The zero-order valence-corrected chi connectivity index (χ0v) is 12.8. The van der Waals surface area contributed by atoms with E-state index in [0.717, 1.165) is 15.8 Å². The molecule has 0 radical (unpaired) electrons. The number of nitrogens with zero attached hydrogens (tertiary/aromatic N) is 1. The fourth-order valence-corrected chi connectivity index (χ4v) is 3.66. The van der Waals surface area contributed by atoms with Gasteiger partial charge in [-0.2, -0.15) is 0 Å². The fourth-order valence-electron chi connectivity index (χ4n) is 2.63. The second-order valence-electron chi connectivity index (χ2n) is 6.10. The minimum atomic E-state index is -0.165. The van der Waals surface area contributed by atoms with Gasteiger partial charge in [0.1, 0.15) is 9.71 Å². The number of carbonyl (C=O) groups is 1. The van der Waals surface area contributed by atoms with Gasteiger partial charge in [0, 0.05) is 17.1 Å². The first-order chi connectivity index (χ1) is 9.40. The van der Waals surface area contributed by atoms with E-state index in [2.05, 4.69) is 24.1 Å². The molecule has 1 amide bonds. The van der Waals surface area contributed by atoms with Crippen molar-refractivity contribution < 1.29 is 4.79 Å². The van der Waals surface area contributed by atoms with E-state index in [9.17, 15) is 4.79 Å². The molecule has 2 heterocycles. The highest BCUT2D eigenvalue weighted by Gasteiger charge is 2.39. The number of hydrogen-bond acceptors (Lipinski definition) is 4. The van der Waals surface area contributed by atoms with Gasteiger partial charge < -0.3 is 11.1 Å². The van der Waals surface area contributed by atoms with Crippen LogP contribution in [0.2, 0.25) is 0 Å². The normalized spacial score (nSPS) is 15.6. The maximum Gasteiger partial charge on any atom is 0.263 e. The molecule has 5 heteroatoms. The number of nitrogens with one attached hydrogen (secondary N) is 1. The zero-order valence-electron chi connectivity index (χ0n) is 12.0. The topological polar surface area (TPSA) is 68.0 Å². The van der Waals surface area contributed by atoms with Crippen LogP contribution in [0.1, 0.15) is 41.9 Å². The van der Waals surface area contributed by atoms with Crippen LogP contribution in [0.25, 0.3) is 10.2 Å². The molecule has 1 aliphatic rings. The molecule has 0 atom stereocenters. The molecule has 0 saturated heterocycles. The lowest BCUT2D eigenvalue weighted by Gasteiger charge is -2.25. The highest BCUT2D eigenvalue weighted by Crippen LogP contribution is 2.40. The quantitative estimate of drug-likeness (QED) is 0.912. The molecule has 4 nitrogen and oxygen atoms in total. The summed E-state index contributed by atoms with van der Waals surface area (Å²) in [7, 11) is 0. The maximum atomic E-state index is 12.5. The Hall–Kier alpha value is -1.62. The van der Waals surface area contributed by atoms with Crippen molar-refractivity contribution in [1.29, 1.82) is 0 Å². The van der Waals surface area contributed by atoms with E-state index in [-0.39, 0.29) is 11.4 Å². The maximum absolute atomic E-state index is 12.5. The lowest BCUT2D eigenvalue weighted by molar-refractivity contribution is 0.0908. The van der Waals surface area contributed by atoms with Crippen LogP contribution in [0.5, 0.6) is 0 Å². The Kier molecular flexibility index (Phi) is 2.97. The molecule has 20 heavy (non-hydrogen) atoms. The van der Waals surface area contributed by atoms with E-state index in [0.29, 0.717) is 16.5 Å². The van der Waals surface area contributed by atoms with Gasteiger partial charge in [0.15, 0.2) is 0 Å². The zero-order chi connectivity index (χ0) is 14.5. The van der Waals surface area contributed by atoms with Gasteiger partial charge in [0.2, 0.25) is 0 Å². The number of fused-ring (bicyclic) bond motifs is 1. The molecule has 2 aromatic heterocycles. The standard InChI is InChI=1S/C15H19N3OS/c1-8-6-7-17-14-10(8)11(16)12(20-14)13(19)18-15(2,3)9-4-5-9/h6-7,9H,4-5,16H2,1-3H3,(H,18,19). The Morgan fingerprint density at radius 2 is 2.20 bits per heavy atom. The van der Waals surface area contributed by atoms with Crippen LogP contribution < -0.4 is 11.1 Å². The molecule has 0 unspecified atom stereocenters. The minimum absolute atomic E-state index is 0.0817. The number of anilines is 1. The first-order valence-electron chi connectivity index (χ1n) is 6.86. The lowest BCUT2D eigenvalue weighted by atomic mass is 9.98. The van der Waals surface area contributed by atoms with Gasteiger partial charge in [-0.15, -0.1) is 11.3 Å². The number of aryl methyl sites for hydroxylation is 1. The Labute approximate surface area is 122 Å². The molecule has 2 aromatic rings. The smallest absolute Gasteiger partial charge is 0.263 e. The van der Waals surface area contributed by atoms with Crippen LogP contribution in [0, 0.1) is 12.8 Å². The first-order valence-corrected chi connectivity index (χ1v) is 7.68. The summed E-state index contributed by atoms with van der Waals surface area (Å²) >= 11 is 1.37. The van der Waals surface area contributed by atoms with Crippen molar-refractivity contribution >= 4 is 33.1 Å². The van der Waals surface area contributed by atoms with E-state index >= 15 is 0 Å². The van der Waals surface area contributed by atoms with Crippen molar-refractivity contribution in [1.82, 2.24) is 10.3 Å². The van der Waals surface area contributed by atoms with E-state index in [1.165, 1.54) is 24.2 Å². The second kappa shape index (κ2) is 4.45. The molecular formula is C15H19N3OS. The van der Waals surface area contributed by atoms with Gasteiger partial charge in [-0.1, -0.05) is 0 Å². The van der Waals surface area contributed by atoms with Crippen LogP contribution in [-0.2, 0) is 0 Å². The summed E-state index contributed by atoms with van der Waals surface area (Å²) < 4.78 is 0. The average Bonchev–Trinajstić information content (AvgIpc) is 3.15. The van der Waals surface area contributed by atoms with Gasteiger partial charge in [-0.25, -0.2) is 4.98 Å². The van der Waals surface area contributed by atoms with Crippen molar-refractivity contribution in [3.05, 3.63) is 22.7 Å². The Balaban J connectivity index is 1.96. The Morgan fingerprint density at radius 3 is 2.80 bits per heavy atom. The van der Waals surface area contributed by atoms with E-state index in [1.807, 2.05) is 13.0 Å². The third kappa shape index (κ3) is 2.16. The molecule has 1 fully saturated rings. The molecule has 1 saturated carbocycles. The summed E-state index contributed by atoms with van der Waals surface area (Å²) in [5.74, 6) is 0.503. The van der Waals surface area contributed by atoms with Crippen LogP contribution in [-0.4, -0.2) is 16.4 Å². The van der Waals surface area contributed by atoms with Gasteiger partial charge in [0.05, 0.1) is 5.69 Å². The van der Waals surface area contributed by atoms with Crippen molar-refractivity contribution in [2.45, 2.75) is 39.2 Å². The van der Waals surface area contributed by atoms with Crippen LogP contribution in [0.4, 0.5) is 5.69 Å². The number of carbonyl (C=O) groups excluding carboxylic acids is 1. The number of amides is 1. The molecule has 3 rings (SSSR count). The van der Waals surface area contributed by atoms with E-state index in [1.54, 1.807) is 6.20 Å². The molecule has 0 aromatic carbocycles. The third-order valence-corrected chi connectivity index (χ3v) is 5.19. The minimum Gasteiger partial charge on any atom is -0.397 e. The number of hydrogen-bond donors (Lipinski definition) is 2. The second-order valence-corrected chi connectivity index (χ2v) is 7.10. The van der Waals surface area contributed by atoms with Gasteiger partial charge in [0.25, 0.3) is 5.91 Å². The molecule has 1 aliphatic carbocycles. The van der Waals surface area contributed by atoms with Crippen LogP contribution in [0.3, 0.4) is 0 Å². The highest BCUT2D eigenvalue weighted by atomic mass is 32.1. The van der Waals surface area contributed by atoms with Crippen molar-refractivity contribution in [3.8, 4) is 0 Å². The highest BCUT2D eigenvalue weighted by molar-refractivity contribution is 7.21.